The lowest BCUT2D eigenvalue weighted by molar-refractivity contribution is -0.117. The number of hydrogen-bond acceptors (Lipinski definition) is 3. The maximum atomic E-state index is 12.5. The molecule has 5 nitrogen and oxygen atoms in total. The minimum atomic E-state index is -3.99. The van der Waals surface area contributed by atoms with Gasteiger partial charge >= 0.3 is 0 Å². The van der Waals surface area contributed by atoms with Gasteiger partial charge in [0.2, 0.25) is 15.9 Å². The number of unbranched alkanes of at least 4 members (excludes halogenated alkanes) is 1. The van der Waals surface area contributed by atoms with Crippen LogP contribution in [-0.2, 0) is 21.2 Å². The van der Waals surface area contributed by atoms with Crippen molar-refractivity contribution in [2.24, 2.45) is 0 Å². The quantitative estimate of drug-likeness (QED) is 0.642. The zero-order valence-electron chi connectivity index (χ0n) is 15.1. The second-order valence-corrected chi connectivity index (χ2v) is 8.73. The van der Waals surface area contributed by atoms with E-state index in [0.717, 1.165) is 19.3 Å². The van der Waals surface area contributed by atoms with Crippen LogP contribution in [0.1, 0.15) is 32.3 Å². The fourth-order valence-electron chi connectivity index (χ4n) is 2.42. The third-order valence-corrected chi connectivity index (χ3v) is 6.21. The number of aryl methyl sites for hydroxylation is 1. The number of sulfonamides is 1. The Labute approximate surface area is 170 Å². The van der Waals surface area contributed by atoms with E-state index in [-0.39, 0.29) is 14.9 Å². The van der Waals surface area contributed by atoms with Crippen LogP contribution in [0.5, 0.6) is 0 Å². The van der Waals surface area contributed by atoms with Crippen molar-refractivity contribution >= 4 is 44.8 Å². The van der Waals surface area contributed by atoms with Crippen LogP contribution in [-0.4, -0.2) is 20.4 Å². The Bertz CT molecular complexity index is 900. The average molecular weight is 429 g/mol. The molecule has 8 heteroatoms. The molecule has 2 N–H and O–H groups in total. The third-order valence-electron chi connectivity index (χ3n) is 3.95. The zero-order valence-corrected chi connectivity index (χ0v) is 17.5. The Hall–Kier alpha value is -1.60. The topological polar surface area (TPSA) is 75.3 Å². The smallest absolute Gasteiger partial charge is 0.242 e. The van der Waals surface area contributed by atoms with Crippen molar-refractivity contribution in [3.8, 4) is 0 Å². The van der Waals surface area contributed by atoms with Crippen molar-refractivity contribution in [3.63, 3.8) is 0 Å². The van der Waals surface area contributed by atoms with E-state index in [2.05, 4.69) is 17.0 Å². The largest absolute Gasteiger partial charge is 0.325 e. The summed E-state index contributed by atoms with van der Waals surface area (Å²) in [6.07, 6.45) is 3.21. The number of benzene rings is 2. The molecular weight excluding hydrogens is 407 g/mol. The van der Waals surface area contributed by atoms with Crippen LogP contribution in [0.4, 0.5) is 5.69 Å². The number of hydrogen-bond donors (Lipinski definition) is 2. The lowest BCUT2D eigenvalue weighted by Crippen LogP contribution is -2.41. The SMILES string of the molecule is CCCCc1ccc(NC(=O)[C@H](C)NS(=O)(=O)c2cc(Cl)ccc2Cl)cc1. The minimum absolute atomic E-state index is 0.0298. The van der Waals surface area contributed by atoms with Gasteiger partial charge in [-0.1, -0.05) is 48.7 Å². The molecule has 0 aliphatic rings. The molecule has 0 aliphatic heterocycles. The first kappa shape index (κ1) is 21.7. The van der Waals surface area contributed by atoms with Crippen molar-refractivity contribution in [1.29, 1.82) is 0 Å². The molecule has 0 fully saturated rings. The molecule has 146 valence electrons. The fraction of sp³-hybridized carbons (Fsp3) is 0.316. The normalized spacial score (nSPS) is 12.6. The molecule has 1 amide bonds. The van der Waals surface area contributed by atoms with Gasteiger partial charge in [0.25, 0.3) is 0 Å². The number of carbonyl (C=O) groups is 1. The van der Waals surface area contributed by atoms with Crippen LogP contribution >= 0.6 is 23.2 Å². The van der Waals surface area contributed by atoms with E-state index >= 15 is 0 Å². The molecule has 0 radical (unpaired) electrons. The van der Waals surface area contributed by atoms with E-state index in [4.69, 9.17) is 23.2 Å². The molecule has 0 bridgehead atoms. The predicted molar refractivity (Wildman–Crippen MR) is 110 cm³/mol. The molecule has 2 aromatic rings. The van der Waals surface area contributed by atoms with E-state index in [1.807, 2.05) is 12.1 Å². The number of rotatable bonds is 8. The van der Waals surface area contributed by atoms with Crippen LogP contribution in [0.15, 0.2) is 47.4 Å². The third kappa shape index (κ3) is 6.21. The molecule has 2 aromatic carbocycles. The maximum absolute atomic E-state index is 12.5. The highest BCUT2D eigenvalue weighted by molar-refractivity contribution is 7.89. The summed E-state index contributed by atoms with van der Waals surface area (Å²) >= 11 is 11.8. The van der Waals surface area contributed by atoms with Gasteiger partial charge in [-0.15, -0.1) is 0 Å². The summed E-state index contributed by atoms with van der Waals surface area (Å²) in [6, 6.07) is 10.6. The van der Waals surface area contributed by atoms with Gasteiger partial charge < -0.3 is 5.32 Å². The molecule has 2 rings (SSSR count). The van der Waals surface area contributed by atoms with Gasteiger partial charge in [0.05, 0.1) is 11.1 Å². The van der Waals surface area contributed by atoms with Crippen LogP contribution in [0.25, 0.3) is 0 Å². The molecule has 0 unspecified atom stereocenters. The predicted octanol–water partition coefficient (Wildman–Crippen LogP) is 4.64. The first-order chi connectivity index (χ1) is 12.7. The summed E-state index contributed by atoms with van der Waals surface area (Å²) in [5, 5.41) is 2.97. The van der Waals surface area contributed by atoms with Gasteiger partial charge in [-0.2, -0.15) is 4.72 Å². The summed E-state index contributed by atoms with van der Waals surface area (Å²) < 4.78 is 27.3. The average Bonchev–Trinajstić information content (AvgIpc) is 2.62. The molecule has 0 aromatic heterocycles. The number of halogens is 2. The standard InChI is InChI=1S/C19H22Cl2N2O3S/c1-3-4-5-14-6-9-16(10-7-14)22-19(24)13(2)23-27(25,26)18-12-15(20)8-11-17(18)21/h6-13,23H,3-5H2,1-2H3,(H,22,24)/t13-/m0/s1. The minimum Gasteiger partial charge on any atom is -0.325 e. The maximum Gasteiger partial charge on any atom is 0.242 e. The molecule has 0 aliphatic carbocycles. The summed E-state index contributed by atoms with van der Waals surface area (Å²) in [6.45, 7) is 3.59. The van der Waals surface area contributed by atoms with Crippen LogP contribution < -0.4 is 10.0 Å². The molecule has 0 saturated heterocycles. The number of carbonyl (C=O) groups excluding carboxylic acids is 1. The molecule has 0 spiro atoms. The van der Waals surface area contributed by atoms with Crippen molar-refractivity contribution in [2.75, 3.05) is 5.32 Å². The van der Waals surface area contributed by atoms with Crippen molar-refractivity contribution in [2.45, 2.75) is 44.0 Å². The van der Waals surface area contributed by atoms with E-state index in [0.29, 0.717) is 5.69 Å². The van der Waals surface area contributed by atoms with Crippen molar-refractivity contribution in [3.05, 3.63) is 58.1 Å². The second kappa shape index (κ2) is 9.55. The van der Waals surface area contributed by atoms with Gasteiger partial charge in [0.1, 0.15) is 4.90 Å². The van der Waals surface area contributed by atoms with E-state index in [9.17, 15) is 13.2 Å². The first-order valence-electron chi connectivity index (χ1n) is 8.60. The molecule has 27 heavy (non-hydrogen) atoms. The lowest BCUT2D eigenvalue weighted by Gasteiger charge is -2.15. The molecule has 0 saturated carbocycles. The van der Waals surface area contributed by atoms with Gasteiger partial charge in [0.15, 0.2) is 0 Å². The molecular formula is C19H22Cl2N2O3S. The van der Waals surface area contributed by atoms with Gasteiger partial charge in [-0.05, 0) is 55.7 Å². The Balaban J connectivity index is 2.03. The highest BCUT2D eigenvalue weighted by atomic mass is 35.5. The summed E-state index contributed by atoms with van der Waals surface area (Å²) in [5.41, 5.74) is 1.80. The monoisotopic (exact) mass is 428 g/mol. The molecule has 1 atom stereocenters. The fourth-order valence-corrected chi connectivity index (χ4v) is 4.38. The van der Waals surface area contributed by atoms with E-state index in [1.54, 1.807) is 12.1 Å². The Morgan fingerprint density at radius 2 is 1.78 bits per heavy atom. The Morgan fingerprint density at radius 3 is 2.41 bits per heavy atom. The number of anilines is 1. The summed E-state index contributed by atoms with van der Waals surface area (Å²) in [5.74, 6) is -0.474. The van der Waals surface area contributed by atoms with Gasteiger partial charge in [-0.25, -0.2) is 8.42 Å². The first-order valence-corrected chi connectivity index (χ1v) is 10.8. The second-order valence-electron chi connectivity index (χ2n) is 6.21. The van der Waals surface area contributed by atoms with Crippen molar-refractivity contribution in [1.82, 2.24) is 4.72 Å². The van der Waals surface area contributed by atoms with Crippen molar-refractivity contribution < 1.29 is 13.2 Å². The highest BCUT2D eigenvalue weighted by Gasteiger charge is 2.24. The van der Waals surface area contributed by atoms with E-state index < -0.39 is 22.0 Å². The summed E-state index contributed by atoms with van der Waals surface area (Å²) in [4.78, 5) is 12.2. The van der Waals surface area contributed by atoms with Crippen LogP contribution in [0, 0.1) is 0 Å². The molecule has 0 heterocycles. The Morgan fingerprint density at radius 1 is 1.11 bits per heavy atom. The lowest BCUT2D eigenvalue weighted by atomic mass is 10.1. The summed E-state index contributed by atoms with van der Waals surface area (Å²) in [7, 11) is -3.99. The van der Waals surface area contributed by atoms with Crippen LogP contribution in [0.3, 0.4) is 0 Å². The number of amides is 1. The zero-order chi connectivity index (χ0) is 20.0. The number of nitrogens with one attached hydrogen (secondary N) is 2. The van der Waals surface area contributed by atoms with Gasteiger partial charge in [-0.3, -0.25) is 4.79 Å². The Kier molecular flexibility index (Phi) is 7.68. The van der Waals surface area contributed by atoms with Crippen LogP contribution in [0.2, 0.25) is 10.0 Å². The van der Waals surface area contributed by atoms with Gasteiger partial charge in [0, 0.05) is 10.7 Å². The highest BCUT2D eigenvalue weighted by Crippen LogP contribution is 2.25. The van der Waals surface area contributed by atoms with E-state index in [1.165, 1.54) is 30.7 Å².